The molecule has 6 fully saturated rings. The molecular formula is C76H103N20O39P3S3. The number of carbonyl (C=O) groups excluding carboxylic acids is 3. The van der Waals surface area contributed by atoms with E-state index in [0.29, 0.717) is 73.3 Å². The smallest absolute Gasteiger partial charge is 0.432 e. The number of ether oxygens (including phenoxy) is 15. The van der Waals surface area contributed by atoms with E-state index in [4.69, 9.17) is 115 Å². The number of aliphatic hydroxyl groups excluding tert-OH is 6. The van der Waals surface area contributed by atoms with E-state index in [2.05, 4.69) is 54.8 Å². The SMILES string of the molecule is COC1[C@@H](OP(=O)(OC[C@H]2O[C@@H](n3cnc4c(N)ncnc43)C[C@H]2O)SCOC(=O)OC(C)C)[C@@H](CO)O[C@H]1n1ccc(=O)[nH]c1=O.COC1[C@@H](O[P@@](=O)(OC[C@H]2O[C@@H](n3cnc4c(N)ccnc43)C[C@H]2O)SCOC(=O)OC(C)C)[C@@H](CO)O[C@H]1n1ccc(=O)[nH]c1=O.COC1[C@@H](O[P@](=O)(OC[C@H]2O[C@@H](n3cnc4c(N)ncnc43)C[C@H]2O)SCOC(=O)OC(C)C)[C@@H](CO)O[C@H]1n1ccc(=O)[nH]c1=O. The minimum Gasteiger partial charge on any atom is -0.432 e. The van der Waals surface area contributed by atoms with E-state index in [1.165, 1.54) is 77.8 Å². The fourth-order valence-electron chi connectivity index (χ4n) is 15.0. The number of imidazole rings is 3. The molecule has 141 heavy (non-hydrogen) atoms. The van der Waals surface area contributed by atoms with Gasteiger partial charge in [-0.2, -0.15) is 0 Å². The van der Waals surface area contributed by atoms with Crippen molar-refractivity contribution in [3.05, 3.63) is 143 Å². The van der Waals surface area contributed by atoms with Crippen LogP contribution in [0, 0.1) is 0 Å². The summed E-state index contributed by atoms with van der Waals surface area (Å²) in [6.07, 6.45) is -15.3. The third-order valence-electron chi connectivity index (χ3n) is 21.5. The molecule has 59 nitrogen and oxygen atoms in total. The van der Waals surface area contributed by atoms with Crippen LogP contribution in [0.4, 0.5) is 31.7 Å². The topological polar surface area (TPSA) is 778 Å². The number of aromatic nitrogens is 17. The van der Waals surface area contributed by atoms with E-state index in [9.17, 15) is 87.5 Å². The van der Waals surface area contributed by atoms with Crippen LogP contribution in [0.3, 0.4) is 0 Å². The Morgan fingerprint density at radius 1 is 0.418 bits per heavy atom. The minimum atomic E-state index is -4.38. The van der Waals surface area contributed by atoms with Crippen molar-refractivity contribution in [2.75, 3.05) is 96.0 Å². The molecule has 15 heterocycles. The van der Waals surface area contributed by atoms with E-state index in [1.54, 1.807) is 61.3 Å². The highest BCUT2D eigenvalue weighted by atomic mass is 32.7. The summed E-state index contributed by atoms with van der Waals surface area (Å²) >= 11 is 1.43. The number of aliphatic hydroxyl groups is 6. The number of nitrogens with zero attached hydrogens (tertiary/aromatic N) is 14. The van der Waals surface area contributed by atoms with Crippen LogP contribution in [0.25, 0.3) is 33.5 Å². The van der Waals surface area contributed by atoms with Gasteiger partial charge in [0, 0.05) is 118 Å². The van der Waals surface area contributed by atoms with Gasteiger partial charge < -0.3 is 119 Å². The number of carbonyl (C=O) groups is 3. The predicted molar refractivity (Wildman–Crippen MR) is 485 cm³/mol. The summed E-state index contributed by atoms with van der Waals surface area (Å²) in [7, 11) is 3.83. The van der Waals surface area contributed by atoms with Crippen LogP contribution in [-0.2, 0) is 112 Å². The average molecular weight is 2110 g/mol. The fraction of sp³-hybridized carbons (Fsp3) is 0.592. The maximum atomic E-state index is 14.2. The zero-order valence-electron chi connectivity index (χ0n) is 76.1. The van der Waals surface area contributed by atoms with Gasteiger partial charge in [-0.25, -0.2) is 82.3 Å². The van der Waals surface area contributed by atoms with Gasteiger partial charge in [0.15, 0.2) is 65.1 Å². The number of anilines is 3. The highest BCUT2D eigenvalue weighted by Gasteiger charge is 2.55. The maximum Gasteiger partial charge on any atom is 0.509 e. The molecule has 0 aliphatic carbocycles. The Kier molecular flexibility index (Phi) is 36.8. The second-order valence-electron chi connectivity index (χ2n) is 31.9. The molecule has 15 rings (SSSR count). The number of pyridine rings is 1. The van der Waals surface area contributed by atoms with Crippen molar-refractivity contribution >= 4 is 124 Å². The largest absolute Gasteiger partial charge is 0.509 e. The first-order chi connectivity index (χ1) is 67.3. The maximum absolute atomic E-state index is 14.2. The Morgan fingerprint density at radius 2 is 0.716 bits per heavy atom. The monoisotopic (exact) mass is 2110 g/mol. The van der Waals surface area contributed by atoms with Crippen LogP contribution in [-0.4, -0.2) is 320 Å². The number of nitrogen functional groups attached to an aromatic ring is 3. The first-order valence-corrected chi connectivity index (χ1v) is 52.2. The lowest BCUT2D eigenvalue weighted by Crippen LogP contribution is -2.39. The first kappa shape index (κ1) is 108. The van der Waals surface area contributed by atoms with Crippen molar-refractivity contribution in [3.8, 4) is 0 Å². The third kappa shape index (κ3) is 26.4. The van der Waals surface area contributed by atoms with Crippen LogP contribution in [0.1, 0.15) is 98.2 Å². The van der Waals surface area contributed by atoms with Crippen molar-refractivity contribution in [3.63, 3.8) is 0 Å². The summed E-state index contributed by atoms with van der Waals surface area (Å²) in [5.74, 6) is -1.29. The molecule has 0 saturated carbocycles. The molecule has 0 spiro atoms. The fourth-order valence-corrected chi connectivity index (χ4v) is 23.4. The number of fused-ring (bicyclic) bond motifs is 3. The van der Waals surface area contributed by atoms with E-state index in [0.717, 1.165) is 31.9 Å². The summed E-state index contributed by atoms with van der Waals surface area (Å²) < 4.78 is 168. The third-order valence-corrected chi connectivity index (χ3v) is 31.5. The van der Waals surface area contributed by atoms with Crippen LogP contribution in [0.15, 0.2) is 109 Å². The van der Waals surface area contributed by atoms with Crippen LogP contribution in [0.5, 0.6) is 0 Å². The van der Waals surface area contributed by atoms with Crippen molar-refractivity contribution < 1.29 is 157 Å². The summed E-state index contributed by atoms with van der Waals surface area (Å²) in [4.78, 5) is 148. The standard InChI is InChI=1S/C26H35N6O13PS.2C25H34N7O13PS/c1-13(2)42-26(37)40-12-47-46(38,45-21-16(9-33)44-24(22(21)39-3)31-7-5-18(35)30-25(31)36)41-10-17-15(34)8-19(43-17)32-11-29-20-14(27)4-6-28-23(20)32;2*1-12(2)42-25(37)40-11-47-46(38,45-19-14(7-33)44-23(20(19)39-3)31-5-4-16(35)30-24(31)36)41-8-15-13(34)6-17(43-15)32-10-29-18-21(26)27-9-28-22(18)32/h4-7,11,13,15-17,19,21-22,24,33-34H,8-10,12H2,1-3H3,(H2,27,28)(H,30,35,36);2*4-5,9-10,12-15,17,19-20,23,33-34H,6-8,11H2,1-3H3,(H2,26,27,28)(H,30,35,36)/t15-,16-,17-,19-,21+,22?,24-,46-;13-,14-,15-,17-,19+,20?,23-,46?;13-,14-,15-,17-,19+,20?,23-,46+/m111/s1. The molecule has 24 atom stereocenters. The Labute approximate surface area is 806 Å². The number of methoxy groups -OCH3 is 3. The average Bonchev–Trinajstić information content (AvgIpc) is 1.64. The van der Waals surface area contributed by atoms with Gasteiger partial charge in [-0.15, -0.1) is 0 Å². The molecule has 0 amide bonds. The lowest BCUT2D eigenvalue weighted by atomic mass is 10.1. The number of rotatable bonds is 39. The summed E-state index contributed by atoms with van der Waals surface area (Å²) in [5, 5.41) is 62.8. The molecule has 9 aromatic heterocycles. The van der Waals surface area contributed by atoms with Crippen LogP contribution < -0.4 is 50.9 Å². The minimum absolute atomic E-state index is 0.0935. The zero-order chi connectivity index (χ0) is 102. The van der Waals surface area contributed by atoms with Gasteiger partial charge >= 0.3 is 55.9 Å². The normalized spacial score (nSPS) is 27.3. The molecule has 15 N–H and O–H groups in total. The highest BCUT2D eigenvalue weighted by molar-refractivity contribution is 8.55. The molecule has 65 heteroatoms. The van der Waals surface area contributed by atoms with Gasteiger partial charge in [0.2, 0.25) is 0 Å². The number of nitrogens with one attached hydrogen (secondary N) is 3. The number of hydrogen-bond acceptors (Lipinski definition) is 53. The van der Waals surface area contributed by atoms with Crippen molar-refractivity contribution in [2.24, 2.45) is 0 Å². The summed E-state index contributed by atoms with van der Waals surface area (Å²) in [5.41, 5.74) is 16.1. The molecule has 6 saturated heterocycles. The Hall–Kier alpha value is -10.1. The predicted octanol–water partition coefficient (Wildman–Crippen LogP) is 1.43. The van der Waals surface area contributed by atoms with Crippen molar-refractivity contribution in [2.45, 2.75) is 208 Å². The second kappa shape index (κ2) is 48.0. The van der Waals surface area contributed by atoms with Crippen molar-refractivity contribution in [1.82, 2.24) is 82.2 Å². The number of H-pyrrole nitrogens is 3. The number of hydrogen-bond donors (Lipinski definition) is 12. The van der Waals surface area contributed by atoms with Gasteiger partial charge in [-0.3, -0.25) is 83.9 Å². The molecular weight excluding hydrogens is 2010 g/mol. The molecule has 6 aliphatic rings. The summed E-state index contributed by atoms with van der Waals surface area (Å²) in [6, 6.07) is 4.88. The zero-order valence-corrected chi connectivity index (χ0v) is 81.2. The van der Waals surface area contributed by atoms with Crippen LogP contribution >= 0.6 is 54.5 Å². The van der Waals surface area contributed by atoms with E-state index in [1.807, 2.05) is 0 Å². The Balaban J connectivity index is 0.000000178. The van der Waals surface area contributed by atoms with Gasteiger partial charge in [0.05, 0.1) is 101 Å². The summed E-state index contributed by atoms with van der Waals surface area (Å²) in [6.45, 7) is -6.76. The van der Waals surface area contributed by atoms with Gasteiger partial charge in [-0.1, -0.05) is 0 Å². The molecule has 9 aromatic rings. The number of aromatic amines is 3. The molecule has 0 aromatic carbocycles. The first-order valence-electron chi connectivity index (χ1n) is 42.8. The van der Waals surface area contributed by atoms with E-state index < -0.39 is 277 Å². The van der Waals surface area contributed by atoms with Gasteiger partial charge in [0.1, 0.15) is 121 Å². The lowest BCUT2D eigenvalue weighted by molar-refractivity contribution is -0.0625. The Bertz CT molecular complexity index is 5750. The van der Waals surface area contributed by atoms with Crippen LogP contribution in [0.2, 0.25) is 0 Å². The second-order valence-corrected chi connectivity index (χ2v) is 43.9. The highest BCUT2D eigenvalue weighted by Crippen LogP contribution is 2.66. The van der Waals surface area contributed by atoms with Gasteiger partial charge in [-0.05, 0) is 47.6 Å². The van der Waals surface area contributed by atoms with Crippen molar-refractivity contribution in [1.29, 1.82) is 0 Å². The molecule has 0 bridgehead atoms. The lowest BCUT2D eigenvalue weighted by Gasteiger charge is -2.28. The van der Waals surface area contributed by atoms with Gasteiger partial charge in [0.25, 0.3) is 16.7 Å². The molecule has 6 aliphatic heterocycles. The van der Waals surface area contributed by atoms with E-state index >= 15 is 0 Å². The number of nitrogens with two attached hydrogens (primary N) is 3. The Morgan fingerprint density at radius 3 is 1.00 bits per heavy atom. The van der Waals surface area contributed by atoms with E-state index in [-0.39, 0.29) is 30.9 Å². The molecule has 774 valence electrons. The molecule has 0 radical (unpaired) electrons. The quantitative estimate of drug-likeness (QED) is 0.0112. The molecule has 4 unspecified atom stereocenters.